The van der Waals surface area contributed by atoms with Crippen LogP contribution in [0.3, 0.4) is 0 Å². The molecule has 0 unspecified atom stereocenters. The summed E-state index contributed by atoms with van der Waals surface area (Å²) in [5, 5.41) is -0.622. The smallest absolute Gasteiger partial charge is 0.308 e. The number of rotatable bonds is 1. The second-order valence-electron chi connectivity index (χ2n) is 2.18. The van der Waals surface area contributed by atoms with Crippen LogP contribution in [-0.2, 0) is 6.18 Å². The SMILES string of the molecule is NNc1ccc(C(F)(F)F)c(Cl)n1. The Labute approximate surface area is 76.7 Å². The van der Waals surface area contributed by atoms with Crippen LogP contribution >= 0.6 is 11.6 Å². The van der Waals surface area contributed by atoms with E-state index in [-0.39, 0.29) is 5.82 Å². The van der Waals surface area contributed by atoms with Gasteiger partial charge >= 0.3 is 6.18 Å². The van der Waals surface area contributed by atoms with Crippen LogP contribution in [0.4, 0.5) is 19.0 Å². The van der Waals surface area contributed by atoms with Gasteiger partial charge in [0.1, 0.15) is 11.0 Å². The maximum Gasteiger partial charge on any atom is 0.419 e. The van der Waals surface area contributed by atoms with Gasteiger partial charge in [-0.2, -0.15) is 13.2 Å². The maximum atomic E-state index is 12.1. The molecule has 13 heavy (non-hydrogen) atoms. The normalized spacial score (nSPS) is 11.5. The highest BCUT2D eigenvalue weighted by molar-refractivity contribution is 6.30. The fourth-order valence-electron chi connectivity index (χ4n) is 0.726. The van der Waals surface area contributed by atoms with Gasteiger partial charge in [-0.15, -0.1) is 0 Å². The number of hydrazine groups is 1. The maximum absolute atomic E-state index is 12.1. The van der Waals surface area contributed by atoms with Gasteiger partial charge in [-0.1, -0.05) is 11.6 Å². The van der Waals surface area contributed by atoms with Crippen molar-refractivity contribution in [2.45, 2.75) is 6.18 Å². The number of nitrogens with two attached hydrogens (primary N) is 1. The molecule has 0 saturated heterocycles. The number of anilines is 1. The lowest BCUT2D eigenvalue weighted by atomic mass is 10.3. The van der Waals surface area contributed by atoms with E-state index in [9.17, 15) is 13.2 Å². The zero-order valence-electron chi connectivity index (χ0n) is 6.19. The number of nitrogens with one attached hydrogen (secondary N) is 1. The Morgan fingerprint density at radius 3 is 2.38 bits per heavy atom. The highest BCUT2D eigenvalue weighted by Gasteiger charge is 2.33. The highest BCUT2D eigenvalue weighted by atomic mass is 35.5. The summed E-state index contributed by atoms with van der Waals surface area (Å²) < 4.78 is 36.3. The third kappa shape index (κ3) is 2.22. The Morgan fingerprint density at radius 1 is 1.38 bits per heavy atom. The largest absolute Gasteiger partial charge is 0.419 e. The average molecular weight is 212 g/mol. The van der Waals surface area contributed by atoms with E-state index in [2.05, 4.69) is 10.4 Å². The molecule has 3 N–H and O–H groups in total. The molecule has 0 saturated carbocycles. The van der Waals surface area contributed by atoms with Gasteiger partial charge in [-0.05, 0) is 12.1 Å². The Bertz CT molecular complexity index is 312. The van der Waals surface area contributed by atoms with E-state index in [4.69, 9.17) is 17.4 Å². The van der Waals surface area contributed by atoms with Gasteiger partial charge in [-0.3, -0.25) is 0 Å². The zero-order chi connectivity index (χ0) is 10.1. The number of hydrogen-bond donors (Lipinski definition) is 2. The van der Waals surface area contributed by atoms with Gasteiger partial charge < -0.3 is 5.43 Å². The molecule has 0 aliphatic carbocycles. The quantitative estimate of drug-likeness (QED) is 0.425. The van der Waals surface area contributed by atoms with Gasteiger partial charge in [-0.25, -0.2) is 10.8 Å². The van der Waals surface area contributed by atoms with E-state index in [1.807, 2.05) is 0 Å². The predicted octanol–water partition coefficient (Wildman–Crippen LogP) is 2.04. The van der Waals surface area contributed by atoms with Crippen molar-refractivity contribution in [2.24, 2.45) is 5.84 Å². The van der Waals surface area contributed by atoms with E-state index in [0.717, 1.165) is 12.1 Å². The third-order valence-electron chi connectivity index (χ3n) is 1.30. The van der Waals surface area contributed by atoms with Crippen LogP contribution in [0.25, 0.3) is 0 Å². The number of hydrogen-bond acceptors (Lipinski definition) is 3. The first-order valence-electron chi connectivity index (χ1n) is 3.15. The van der Waals surface area contributed by atoms with Gasteiger partial charge in [0, 0.05) is 0 Å². The monoisotopic (exact) mass is 211 g/mol. The van der Waals surface area contributed by atoms with Crippen molar-refractivity contribution < 1.29 is 13.2 Å². The minimum absolute atomic E-state index is 0.0815. The van der Waals surface area contributed by atoms with Crippen LogP contribution in [0.1, 0.15) is 5.56 Å². The van der Waals surface area contributed by atoms with E-state index in [1.54, 1.807) is 0 Å². The molecule has 0 fully saturated rings. The molecule has 0 aliphatic heterocycles. The molecule has 0 amide bonds. The molecule has 0 radical (unpaired) electrons. The Balaban J connectivity index is 3.13. The number of nitrogen functional groups attached to an aromatic ring is 1. The summed E-state index contributed by atoms with van der Waals surface area (Å²) in [6, 6.07) is 1.90. The molecule has 72 valence electrons. The standard InChI is InChI=1S/C6H5ClF3N3/c7-5-3(6(8,9)10)1-2-4(12-5)13-11/h1-2H,11H2,(H,12,13). The first-order valence-corrected chi connectivity index (χ1v) is 3.53. The first-order chi connectivity index (χ1) is 5.95. The van der Waals surface area contributed by atoms with Crippen molar-refractivity contribution in [2.75, 3.05) is 5.43 Å². The van der Waals surface area contributed by atoms with Gasteiger partial charge in [0.15, 0.2) is 0 Å². The van der Waals surface area contributed by atoms with Crippen LogP contribution < -0.4 is 11.3 Å². The van der Waals surface area contributed by atoms with Crippen LogP contribution in [0.5, 0.6) is 0 Å². The Hall–Kier alpha value is -1.01. The second-order valence-corrected chi connectivity index (χ2v) is 2.53. The summed E-state index contributed by atoms with van der Waals surface area (Å²) in [4.78, 5) is 3.37. The van der Waals surface area contributed by atoms with Crippen molar-refractivity contribution in [3.63, 3.8) is 0 Å². The van der Waals surface area contributed by atoms with Crippen molar-refractivity contribution in [1.29, 1.82) is 0 Å². The van der Waals surface area contributed by atoms with Gasteiger partial charge in [0.25, 0.3) is 0 Å². The fraction of sp³-hybridized carbons (Fsp3) is 0.167. The minimum atomic E-state index is -4.49. The molecule has 1 rings (SSSR count). The Morgan fingerprint density at radius 2 is 2.00 bits per heavy atom. The highest BCUT2D eigenvalue weighted by Crippen LogP contribution is 2.33. The molecule has 0 spiro atoms. The van der Waals surface area contributed by atoms with E-state index >= 15 is 0 Å². The summed E-state index contributed by atoms with van der Waals surface area (Å²) in [6.07, 6.45) is -4.49. The number of aromatic nitrogens is 1. The second kappa shape index (κ2) is 3.39. The molecule has 1 aromatic rings. The average Bonchev–Trinajstić information content (AvgIpc) is 2.01. The molecule has 3 nitrogen and oxygen atoms in total. The van der Waals surface area contributed by atoms with E-state index in [1.165, 1.54) is 0 Å². The topological polar surface area (TPSA) is 50.9 Å². The number of pyridine rings is 1. The molecule has 1 aromatic heterocycles. The summed E-state index contributed by atoms with van der Waals surface area (Å²) in [7, 11) is 0. The first kappa shape index (κ1) is 10.1. The van der Waals surface area contributed by atoms with Crippen molar-refractivity contribution in [1.82, 2.24) is 4.98 Å². The van der Waals surface area contributed by atoms with Gasteiger partial charge in [0.05, 0.1) is 5.56 Å². The summed E-state index contributed by atoms with van der Waals surface area (Å²) in [6.45, 7) is 0. The lowest BCUT2D eigenvalue weighted by molar-refractivity contribution is -0.137. The minimum Gasteiger partial charge on any atom is -0.308 e. The molecule has 0 atom stereocenters. The molecule has 0 aromatic carbocycles. The number of nitrogens with zero attached hydrogens (tertiary/aromatic N) is 1. The van der Waals surface area contributed by atoms with Crippen molar-refractivity contribution in [3.05, 3.63) is 22.8 Å². The van der Waals surface area contributed by atoms with Gasteiger partial charge in [0.2, 0.25) is 0 Å². The summed E-state index contributed by atoms with van der Waals surface area (Å²) >= 11 is 5.27. The van der Waals surface area contributed by atoms with Crippen LogP contribution in [0.2, 0.25) is 5.15 Å². The molecule has 1 heterocycles. The van der Waals surface area contributed by atoms with E-state index < -0.39 is 16.9 Å². The molecular weight excluding hydrogens is 207 g/mol. The molecule has 0 bridgehead atoms. The zero-order valence-corrected chi connectivity index (χ0v) is 6.95. The lowest BCUT2D eigenvalue weighted by Gasteiger charge is -2.08. The predicted molar refractivity (Wildman–Crippen MR) is 42.1 cm³/mol. The summed E-state index contributed by atoms with van der Waals surface area (Å²) in [5.41, 5.74) is 1.10. The molecule has 0 aliphatic rings. The van der Waals surface area contributed by atoms with Crippen molar-refractivity contribution >= 4 is 17.4 Å². The van der Waals surface area contributed by atoms with Crippen LogP contribution in [-0.4, -0.2) is 4.98 Å². The summed E-state index contributed by atoms with van der Waals surface area (Å²) in [5.74, 6) is 5.01. The lowest BCUT2D eigenvalue weighted by Crippen LogP contribution is -2.11. The Kier molecular flexibility index (Phi) is 2.63. The number of halogens is 4. The molecular formula is C6H5ClF3N3. The van der Waals surface area contributed by atoms with Crippen molar-refractivity contribution in [3.8, 4) is 0 Å². The fourth-order valence-corrected chi connectivity index (χ4v) is 0.987. The number of alkyl halides is 3. The van der Waals surface area contributed by atoms with Crippen LogP contribution in [0, 0.1) is 0 Å². The molecule has 7 heteroatoms. The third-order valence-corrected chi connectivity index (χ3v) is 1.59. The van der Waals surface area contributed by atoms with E-state index in [0.29, 0.717) is 0 Å². The van der Waals surface area contributed by atoms with Crippen LogP contribution in [0.15, 0.2) is 12.1 Å².